The van der Waals surface area contributed by atoms with Gasteiger partial charge in [-0.25, -0.2) is 4.98 Å². The van der Waals surface area contributed by atoms with Gasteiger partial charge in [0.05, 0.1) is 18.3 Å². The third-order valence-corrected chi connectivity index (χ3v) is 5.22. The van der Waals surface area contributed by atoms with Crippen LogP contribution in [0.4, 0.5) is 0 Å². The van der Waals surface area contributed by atoms with Crippen LogP contribution in [0.2, 0.25) is 0 Å². The highest BCUT2D eigenvalue weighted by molar-refractivity contribution is 5.98. The number of rotatable bonds is 6. The van der Waals surface area contributed by atoms with Gasteiger partial charge in [-0.05, 0) is 54.6 Å². The fraction of sp³-hybridized carbons (Fsp3) is 0.130. The predicted octanol–water partition coefficient (Wildman–Crippen LogP) is 2.92. The summed E-state index contributed by atoms with van der Waals surface area (Å²) >= 11 is 0. The maximum absolute atomic E-state index is 12.5. The first kappa shape index (κ1) is 19.0. The Hall–Kier alpha value is -4.04. The maximum Gasteiger partial charge on any atom is 0.251 e. The van der Waals surface area contributed by atoms with Crippen molar-refractivity contribution in [1.82, 2.24) is 35.4 Å². The van der Waals surface area contributed by atoms with E-state index in [9.17, 15) is 4.79 Å². The molecule has 4 heterocycles. The Kier molecular flexibility index (Phi) is 4.89. The van der Waals surface area contributed by atoms with Crippen molar-refractivity contribution < 1.29 is 4.79 Å². The number of hydrogen-bond donors (Lipinski definition) is 3. The molecule has 0 bridgehead atoms. The molecule has 0 saturated carbocycles. The number of aromatic nitrogens is 5. The standard InChI is InChI=1S/C23H21N7O/c1-24-12-15-4-6-16(7-5-15)23(31)26-13-17-11-19-18(8-10-25-22(19)29-17)20-14-28-30-21(20)3-2-9-27-30/h2-11,14,24H,12-13H2,1H3,(H,25,29)(H,26,31). The fourth-order valence-electron chi connectivity index (χ4n) is 3.71. The van der Waals surface area contributed by atoms with Crippen LogP contribution in [-0.2, 0) is 13.1 Å². The summed E-state index contributed by atoms with van der Waals surface area (Å²) in [6.45, 7) is 1.15. The number of nitrogens with zero attached hydrogens (tertiary/aromatic N) is 4. The van der Waals surface area contributed by atoms with Gasteiger partial charge in [0.15, 0.2) is 0 Å². The lowest BCUT2D eigenvalue weighted by Gasteiger charge is -2.05. The van der Waals surface area contributed by atoms with E-state index < -0.39 is 0 Å². The van der Waals surface area contributed by atoms with Gasteiger partial charge in [-0.3, -0.25) is 4.79 Å². The molecule has 0 fully saturated rings. The van der Waals surface area contributed by atoms with Crippen molar-refractivity contribution in [3.63, 3.8) is 0 Å². The number of fused-ring (bicyclic) bond motifs is 2. The SMILES string of the molecule is CNCc1ccc(C(=O)NCc2cc3c(-c4cnn5ncccc45)ccnc3[nH]2)cc1. The minimum atomic E-state index is -0.114. The first-order chi connectivity index (χ1) is 15.2. The van der Waals surface area contributed by atoms with Crippen molar-refractivity contribution in [2.45, 2.75) is 13.1 Å². The number of amides is 1. The third kappa shape index (κ3) is 3.64. The van der Waals surface area contributed by atoms with Gasteiger partial charge in [-0.15, -0.1) is 0 Å². The average Bonchev–Trinajstić information content (AvgIpc) is 3.42. The second-order valence-corrected chi connectivity index (χ2v) is 7.28. The maximum atomic E-state index is 12.5. The van der Waals surface area contributed by atoms with Crippen LogP contribution in [0.1, 0.15) is 21.6 Å². The molecule has 4 aromatic heterocycles. The largest absolute Gasteiger partial charge is 0.346 e. The number of hydrogen-bond acceptors (Lipinski definition) is 5. The molecule has 0 aliphatic rings. The van der Waals surface area contributed by atoms with Gasteiger partial charge >= 0.3 is 0 Å². The van der Waals surface area contributed by atoms with Crippen LogP contribution >= 0.6 is 0 Å². The molecular formula is C23H21N7O. The van der Waals surface area contributed by atoms with E-state index in [0.717, 1.165) is 45.5 Å². The number of pyridine rings is 1. The van der Waals surface area contributed by atoms with E-state index in [2.05, 4.69) is 30.8 Å². The number of nitrogens with one attached hydrogen (secondary N) is 3. The molecule has 8 nitrogen and oxygen atoms in total. The van der Waals surface area contributed by atoms with Crippen molar-refractivity contribution in [2.24, 2.45) is 0 Å². The van der Waals surface area contributed by atoms with Crippen LogP contribution in [-0.4, -0.2) is 37.8 Å². The zero-order chi connectivity index (χ0) is 21.2. The lowest BCUT2D eigenvalue weighted by Crippen LogP contribution is -2.23. The van der Waals surface area contributed by atoms with Gasteiger partial charge in [0, 0.05) is 41.1 Å². The van der Waals surface area contributed by atoms with Crippen LogP contribution in [0.3, 0.4) is 0 Å². The minimum Gasteiger partial charge on any atom is -0.346 e. The molecule has 0 radical (unpaired) electrons. The van der Waals surface area contributed by atoms with E-state index in [-0.39, 0.29) is 5.91 Å². The Labute approximate surface area is 178 Å². The van der Waals surface area contributed by atoms with Gasteiger partial charge in [0.1, 0.15) is 5.65 Å². The van der Waals surface area contributed by atoms with Gasteiger partial charge < -0.3 is 15.6 Å². The highest BCUT2D eigenvalue weighted by atomic mass is 16.1. The van der Waals surface area contributed by atoms with Gasteiger partial charge in [-0.1, -0.05) is 12.1 Å². The average molecular weight is 411 g/mol. The fourth-order valence-corrected chi connectivity index (χ4v) is 3.71. The third-order valence-electron chi connectivity index (χ3n) is 5.22. The van der Waals surface area contributed by atoms with Gasteiger partial charge in [-0.2, -0.15) is 14.8 Å². The van der Waals surface area contributed by atoms with E-state index >= 15 is 0 Å². The Morgan fingerprint density at radius 3 is 2.74 bits per heavy atom. The first-order valence-corrected chi connectivity index (χ1v) is 10.0. The van der Waals surface area contributed by atoms with Crippen LogP contribution in [0.5, 0.6) is 0 Å². The molecule has 0 spiro atoms. The molecule has 0 aliphatic carbocycles. The predicted molar refractivity (Wildman–Crippen MR) is 118 cm³/mol. The van der Waals surface area contributed by atoms with Crippen molar-refractivity contribution in [3.05, 3.63) is 83.9 Å². The summed E-state index contributed by atoms with van der Waals surface area (Å²) in [5, 5.41) is 15.6. The smallest absolute Gasteiger partial charge is 0.251 e. The molecule has 154 valence electrons. The highest BCUT2D eigenvalue weighted by Crippen LogP contribution is 2.30. The molecule has 1 aromatic carbocycles. The number of H-pyrrole nitrogens is 1. The van der Waals surface area contributed by atoms with E-state index in [1.165, 1.54) is 0 Å². The summed E-state index contributed by atoms with van der Waals surface area (Å²) in [6.07, 6.45) is 5.28. The van der Waals surface area contributed by atoms with Crippen LogP contribution in [0, 0.1) is 0 Å². The molecule has 5 aromatic rings. The Morgan fingerprint density at radius 1 is 1.03 bits per heavy atom. The number of carbonyl (C=O) groups excluding carboxylic acids is 1. The molecule has 3 N–H and O–H groups in total. The summed E-state index contributed by atoms with van der Waals surface area (Å²) in [5.41, 5.74) is 6.34. The van der Waals surface area contributed by atoms with Crippen molar-refractivity contribution in [2.75, 3.05) is 7.05 Å². The molecule has 31 heavy (non-hydrogen) atoms. The Bertz CT molecular complexity index is 1370. The Balaban J connectivity index is 1.38. The number of carbonyl (C=O) groups is 1. The van der Waals surface area contributed by atoms with Crippen LogP contribution in [0.25, 0.3) is 27.7 Å². The Morgan fingerprint density at radius 2 is 1.90 bits per heavy atom. The molecule has 1 amide bonds. The van der Waals surface area contributed by atoms with E-state index in [1.807, 2.05) is 61.8 Å². The zero-order valence-corrected chi connectivity index (χ0v) is 17.0. The lowest BCUT2D eigenvalue weighted by molar-refractivity contribution is 0.0950. The summed E-state index contributed by atoms with van der Waals surface area (Å²) < 4.78 is 1.61. The lowest BCUT2D eigenvalue weighted by atomic mass is 10.1. The van der Waals surface area contributed by atoms with Gasteiger partial charge in [0.2, 0.25) is 0 Å². The number of benzene rings is 1. The van der Waals surface area contributed by atoms with Crippen LogP contribution < -0.4 is 10.6 Å². The van der Waals surface area contributed by atoms with Crippen LogP contribution in [0.15, 0.2) is 67.1 Å². The molecule has 0 atom stereocenters. The summed E-state index contributed by atoms with van der Waals surface area (Å²) in [4.78, 5) is 20.3. The van der Waals surface area contributed by atoms with E-state index in [1.54, 1.807) is 17.0 Å². The normalized spacial score (nSPS) is 11.3. The zero-order valence-electron chi connectivity index (χ0n) is 17.0. The summed E-state index contributed by atoms with van der Waals surface area (Å²) in [7, 11) is 1.90. The molecule has 0 aliphatic heterocycles. The topological polar surface area (TPSA) is 100 Å². The monoisotopic (exact) mass is 411 g/mol. The molecular weight excluding hydrogens is 390 g/mol. The second kappa shape index (κ2) is 8.00. The molecule has 0 saturated heterocycles. The second-order valence-electron chi connectivity index (χ2n) is 7.28. The van der Waals surface area contributed by atoms with Gasteiger partial charge in [0.25, 0.3) is 5.91 Å². The molecule has 0 unspecified atom stereocenters. The van der Waals surface area contributed by atoms with E-state index in [4.69, 9.17) is 0 Å². The first-order valence-electron chi connectivity index (χ1n) is 10.0. The minimum absolute atomic E-state index is 0.114. The molecule has 8 heteroatoms. The molecule has 5 rings (SSSR count). The van der Waals surface area contributed by atoms with E-state index in [0.29, 0.717) is 12.1 Å². The summed E-state index contributed by atoms with van der Waals surface area (Å²) in [5.74, 6) is -0.114. The van der Waals surface area contributed by atoms with Crippen molar-refractivity contribution in [3.8, 4) is 11.1 Å². The number of aromatic amines is 1. The van der Waals surface area contributed by atoms with Crippen molar-refractivity contribution in [1.29, 1.82) is 0 Å². The quantitative estimate of drug-likeness (QED) is 0.399. The summed E-state index contributed by atoms with van der Waals surface area (Å²) in [6, 6.07) is 15.5. The highest BCUT2D eigenvalue weighted by Gasteiger charge is 2.13. The van der Waals surface area contributed by atoms with Crippen molar-refractivity contribution >= 4 is 22.5 Å².